The first-order chi connectivity index (χ1) is 16.3. The molecule has 4 aromatic rings. The molecular formula is C25H22FN5O3. The fourth-order valence-corrected chi connectivity index (χ4v) is 3.75. The van der Waals surface area contributed by atoms with E-state index in [9.17, 15) is 19.1 Å². The van der Waals surface area contributed by atoms with E-state index < -0.39 is 23.3 Å². The fourth-order valence-electron chi connectivity index (χ4n) is 3.75. The van der Waals surface area contributed by atoms with Crippen LogP contribution in [0.4, 0.5) is 10.1 Å². The van der Waals surface area contributed by atoms with Gasteiger partial charge in [0.2, 0.25) is 5.69 Å². The van der Waals surface area contributed by atoms with Gasteiger partial charge in [0.15, 0.2) is 5.69 Å². The number of hydrogen-bond acceptors (Lipinski definition) is 4. The number of H-pyrrole nitrogens is 1. The molecule has 3 N–H and O–H groups in total. The second-order valence-corrected chi connectivity index (χ2v) is 7.99. The van der Waals surface area contributed by atoms with Crippen molar-refractivity contribution in [2.75, 3.05) is 6.61 Å². The standard InChI is InChI=1S/C25H22FN5O3/c1-14-4-5-17(12-15(14)2)20-13-31-23(25(34)29-20)21(27-3)22(30-31)24(33)28-19(10-11-32)16-6-8-18(26)9-7-16/h4-9,12-13,19,32H,10-11H2,1-2H3,(H,28,33)(H,29,34)/t19-/m1/s1. The third kappa shape index (κ3) is 4.31. The number of benzene rings is 2. The number of aromatic nitrogens is 3. The molecule has 1 amide bonds. The average molecular weight is 459 g/mol. The van der Waals surface area contributed by atoms with Gasteiger partial charge in [-0.1, -0.05) is 24.3 Å². The molecule has 0 spiro atoms. The van der Waals surface area contributed by atoms with Crippen LogP contribution in [0.25, 0.3) is 21.6 Å². The lowest BCUT2D eigenvalue weighted by atomic mass is 10.0. The van der Waals surface area contributed by atoms with Crippen molar-refractivity contribution >= 4 is 17.1 Å². The number of rotatable bonds is 6. The molecule has 2 aromatic heterocycles. The number of carbonyl (C=O) groups is 1. The summed E-state index contributed by atoms with van der Waals surface area (Å²) < 4.78 is 14.5. The fraction of sp³-hybridized carbons (Fsp3) is 0.200. The molecule has 8 nitrogen and oxygen atoms in total. The van der Waals surface area contributed by atoms with Crippen LogP contribution in [0.2, 0.25) is 0 Å². The highest BCUT2D eigenvalue weighted by atomic mass is 19.1. The lowest BCUT2D eigenvalue weighted by Crippen LogP contribution is -2.29. The van der Waals surface area contributed by atoms with Crippen molar-refractivity contribution in [1.82, 2.24) is 19.9 Å². The number of aliphatic hydroxyl groups excluding tert-OH is 1. The summed E-state index contributed by atoms with van der Waals surface area (Å²) in [7, 11) is 0. The third-order valence-corrected chi connectivity index (χ3v) is 5.74. The van der Waals surface area contributed by atoms with Crippen molar-refractivity contribution in [3.8, 4) is 11.3 Å². The van der Waals surface area contributed by atoms with E-state index >= 15 is 0 Å². The maximum Gasteiger partial charge on any atom is 0.263 e. The SMILES string of the molecule is [C-]#[N+]c1c(C(=O)N[C@H](CCO)c2ccc(F)cc2)nn2cc(-c3ccc(C)c(C)c3)[nH]c(=O)c12. The average Bonchev–Trinajstić information content (AvgIpc) is 3.20. The minimum Gasteiger partial charge on any atom is -0.396 e. The number of carbonyl (C=O) groups excluding carboxylic acids is 1. The van der Waals surface area contributed by atoms with E-state index in [1.54, 1.807) is 6.20 Å². The molecule has 0 aliphatic rings. The first-order valence-corrected chi connectivity index (χ1v) is 10.6. The zero-order valence-corrected chi connectivity index (χ0v) is 18.6. The summed E-state index contributed by atoms with van der Waals surface area (Å²) in [5.41, 5.74) is 3.06. The van der Waals surface area contributed by atoms with Gasteiger partial charge < -0.3 is 15.4 Å². The Labute approximate surface area is 194 Å². The van der Waals surface area contributed by atoms with Gasteiger partial charge in [0.25, 0.3) is 11.5 Å². The molecular weight excluding hydrogens is 437 g/mol. The van der Waals surface area contributed by atoms with Crippen LogP contribution in [-0.4, -0.2) is 32.2 Å². The Kier molecular flexibility index (Phi) is 6.25. The Hall–Kier alpha value is -4.29. The maximum atomic E-state index is 13.3. The van der Waals surface area contributed by atoms with Crippen LogP contribution in [0.1, 0.15) is 39.6 Å². The highest BCUT2D eigenvalue weighted by Crippen LogP contribution is 2.27. The van der Waals surface area contributed by atoms with Gasteiger partial charge in [-0.15, -0.1) is 0 Å². The van der Waals surface area contributed by atoms with Crippen molar-refractivity contribution < 1.29 is 14.3 Å². The minimum atomic E-state index is -0.676. The number of aryl methyl sites for hydroxylation is 2. The van der Waals surface area contributed by atoms with E-state index in [0.717, 1.165) is 16.7 Å². The first kappa shape index (κ1) is 22.9. The van der Waals surface area contributed by atoms with E-state index in [1.165, 1.54) is 28.8 Å². The zero-order valence-electron chi connectivity index (χ0n) is 18.6. The van der Waals surface area contributed by atoms with Gasteiger partial charge in [0.1, 0.15) is 11.3 Å². The summed E-state index contributed by atoms with van der Waals surface area (Å²) in [6, 6.07) is 10.6. The molecule has 0 fully saturated rings. The van der Waals surface area contributed by atoms with Crippen LogP contribution in [0.5, 0.6) is 0 Å². The van der Waals surface area contributed by atoms with Crippen LogP contribution in [0.15, 0.2) is 53.5 Å². The molecule has 0 saturated heterocycles. The molecule has 0 aliphatic heterocycles. The van der Waals surface area contributed by atoms with Crippen LogP contribution >= 0.6 is 0 Å². The Balaban J connectivity index is 1.74. The van der Waals surface area contributed by atoms with Crippen LogP contribution in [0, 0.1) is 26.2 Å². The number of amides is 1. The quantitative estimate of drug-likeness (QED) is 0.381. The second kappa shape index (κ2) is 9.29. The summed E-state index contributed by atoms with van der Waals surface area (Å²) in [5, 5.41) is 16.4. The van der Waals surface area contributed by atoms with Gasteiger partial charge >= 0.3 is 0 Å². The molecule has 2 heterocycles. The van der Waals surface area contributed by atoms with Gasteiger partial charge in [-0.05, 0) is 60.7 Å². The Morgan fingerprint density at radius 2 is 1.97 bits per heavy atom. The molecule has 172 valence electrons. The summed E-state index contributed by atoms with van der Waals surface area (Å²) in [6.07, 6.45) is 1.74. The van der Waals surface area contributed by atoms with Gasteiger partial charge in [0.05, 0.1) is 24.5 Å². The van der Waals surface area contributed by atoms with Crippen molar-refractivity contribution in [3.05, 3.63) is 98.6 Å². The normalized spacial score (nSPS) is 11.9. The number of nitrogens with zero attached hydrogens (tertiary/aromatic N) is 3. The van der Waals surface area contributed by atoms with Crippen molar-refractivity contribution in [2.24, 2.45) is 0 Å². The first-order valence-electron chi connectivity index (χ1n) is 10.6. The molecule has 0 saturated carbocycles. The molecule has 0 aliphatic carbocycles. The molecule has 0 radical (unpaired) electrons. The van der Waals surface area contributed by atoms with Crippen LogP contribution < -0.4 is 10.9 Å². The Bertz CT molecular complexity index is 1480. The van der Waals surface area contributed by atoms with E-state index in [0.29, 0.717) is 11.3 Å². The summed E-state index contributed by atoms with van der Waals surface area (Å²) in [4.78, 5) is 32.1. The minimum absolute atomic E-state index is 0.0341. The number of aliphatic hydroxyl groups is 1. The summed E-state index contributed by atoms with van der Waals surface area (Å²) >= 11 is 0. The largest absolute Gasteiger partial charge is 0.396 e. The molecule has 2 aromatic carbocycles. The molecule has 4 rings (SSSR count). The molecule has 0 bridgehead atoms. The van der Waals surface area contributed by atoms with E-state index in [1.807, 2.05) is 32.0 Å². The van der Waals surface area contributed by atoms with E-state index in [-0.39, 0.29) is 29.9 Å². The van der Waals surface area contributed by atoms with Crippen LogP contribution in [0.3, 0.4) is 0 Å². The van der Waals surface area contributed by atoms with E-state index in [4.69, 9.17) is 6.57 Å². The summed E-state index contributed by atoms with van der Waals surface area (Å²) in [5.74, 6) is -1.10. The Morgan fingerprint density at radius 3 is 2.62 bits per heavy atom. The second-order valence-electron chi connectivity index (χ2n) is 7.99. The third-order valence-electron chi connectivity index (χ3n) is 5.74. The number of aromatic amines is 1. The zero-order chi connectivity index (χ0) is 24.4. The van der Waals surface area contributed by atoms with E-state index in [2.05, 4.69) is 20.2 Å². The molecule has 1 atom stereocenters. The van der Waals surface area contributed by atoms with Gasteiger partial charge in [-0.25, -0.2) is 13.8 Å². The van der Waals surface area contributed by atoms with Gasteiger partial charge in [-0.3, -0.25) is 9.59 Å². The molecule has 34 heavy (non-hydrogen) atoms. The predicted octanol–water partition coefficient (Wildman–Crippen LogP) is 3.85. The van der Waals surface area contributed by atoms with Gasteiger partial charge in [-0.2, -0.15) is 5.10 Å². The lowest BCUT2D eigenvalue weighted by Gasteiger charge is -2.18. The molecule has 0 unspecified atom stereocenters. The lowest BCUT2D eigenvalue weighted by molar-refractivity contribution is 0.0925. The highest BCUT2D eigenvalue weighted by molar-refractivity contribution is 6.02. The monoisotopic (exact) mass is 459 g/mol. The number of nitrogens with one attached hydrogen (secondary N) is 2. The van der Waals surface area contributed by atoms with Gasteiger partial charge in [0, 0.05) is 6.61 Å². The maximum absolute atomic E-state index is 13.3. The van der Waals surface area contributed by atoms with Crippen molar-refractivity contribution in [1.29, 1.82) is 0 Å². The van der Waals surface area contributed by atoms with Crippen LogP contribution in [-0.2, 0) is 0 Å². The number of hydrogen-bond donors (Lipinski definition) is 3. The van der Waals surface area contributed by atoms with Crippen molar-refractivity contribution in [3.63, 3.8) is 0 Å². The summed E-state index contributed by atoms with van der Waals surface area (Å²) in [6.45, 7) is 11.3. The Morgan fingerprint density at radius 1 is 1.24 bits per heavy atom. The van der Waals surface area contributed by atoms with Crippen molar-refractivity contribution in [2.45, 2.75) is 26.3 Å². The topological polar surface area (TPSA) is 104 Å². The number of halogens is 1. The number of fused-ring (bicyclic) bond motifs is 1. The smallest absolute Gasteiger partial charge is 0.263 e. The predicted molar refractivity (Wildman–Crippen MR) is 125 cm³/mol. The highest BCUT2D eigenvalue weighted by Gasteiger charge is 2.25. The molecule has 9 heteroatoms.